The van der Waals surface area contributed by atoms with Crippen LogP contribution in [0.25, 0.3) is 0 Å². The van der Waals surface area contributed by atoms with Crippen molar-refractivity contribution in [2.75, 3.05) is 6.61 Å². The van der Waals surface area contributed by atoms with E-state index in [-0.39, 0.29) is 40.6 Å². The molecule has 42 heavy (non-hydrogen) atoms. The van der Waals surface area contributed by atoms with Crippen LogP contribution in [-0.4, -0.2) is 97.5 Å². The fourth-order valence-electron chi connectivity index (χ4n) is 10.2. The van der Waals surface area contributed by atoms with Crippen molar-refractivity contribution in [3.63, 3.8) is 0 Å². The molecule has 0 spiro atoms. The average Bonchev–Trinajstić information content (AvgIpc) is 3.24. The molecule has 242 valence electrons. The molecule has 1 aliphatic heterocycles. The summed E-state index contributed by atoms with van der Waals surface area (Å²) in [5, 5.41) is 74.5. The third-order valence-corrected chi connectivity index (χ3v) is 12.6. The zero-order chi connectivity index (χ0) is 30.7. The molecule has 0 aromatic carbocycles. The molecule has 0 amide bonds. The van der Waals surface area contributed by atoms with Crippen LogP contribution in [-0.2, 0) is 9.47 Å². The highest BCUT2D eigenvalue weighted by Gasteiger charge is 2.64. The first-order valence-electron chi connectivity index (χ1n) is 16.4. The first-order chi connectivity index (χ1) is 19.7. The van der Waals surface area contributed by atoms with Crippen molar-refractivity contribution >= 4 is 0 Å². The van der Waals surface area contributed by atoms with Gasteiger partial charge in [0.25, 0.3) is 0 Å². The van der Waals surface area contributed by atoms with Crippen molar-refractivity contribution in [2.45, 2.75) is 141 Å². The number of hydrogen-bond acceptors (Lipinski definition) is 9. The predicted molar refractivity (Wildman–Crippen MR) is 156 cm³/mol. The van der Waals surface area contributed by atoms with Gasteiger partial charge in [0.05, 0.1) is 31.0 Å². The van der Waals surface area contributed by atoms with Gasteiger partial charge < -0.3 is 45.2 Å². The van der Waals surface area contributed by atoms with Crippen LogP contribution in [0.3, 0.4) is 0 Å². The molecule has 1 saturated heterocycles. The Morgan fingerprint density at radius 3 is 2.36 bits per heavy atom. The van der Waals surface area contributed by atoms with E-state index in [2.05, 4.69) is 40.7 Å². The zero-order valence-electron chi connectivity index (χ0n) is 26.0. The Hall–Kier alpha value is -0.620. The number of rotatable bonds is 8. The fourth-order valence-corrected chi connectivity index (χ4v) is 10.2. The van der Waals surface area contributed by atoms with Gasteiger partial charge in [-0.25, -0.2) is 0 Å². The van der Waals surface area contributed by atoms with Crippen molar-refractivity contribution < 1.29 is 45.2 Å². The molecular formula is C33H56O9. The molecule has 1 heterocycles. The van der Waals surface area contributed by atoms with Crippen LogP contribution in [0.5, 0.6) is 0 Å². The molecule has 9 nitrogen and oxygen atoms in total. The summed E-state index contributed by atoms with van der Waals surface area (Å²) in [5.41, 5.74) is 0.635. The molecule has 4 aliphatic carbocycles. The Labute approximate surface area is 250 Å². The number of allylic oxidation sites excluding steroid dienone is 1. The first kappa shape index (κ1) is 32.8. The van der Waals surface area contributed by atoms with Gasteiger partial charge in [0, 0.05) is 11.8 Å². The lowest BCUT2D eigenvalue weighted by Crippen LogP contribution is -2.60. The summed E-state index contributed by atoms with van der Waals surface area (Å²) in [6, 6.07) is 0. The molecule has 0 unspecified atom stereocenters. The average molecular weight is 597 g/mol. The normalized spacial score (nSPS) is 50.5. The maximum Gasteiger partial charge on any atom is 0.186 e. The van der Waals surface area contributed by atoms with Gasteiger partial charge in [-0.15, -0.1) is 0 Å². The molecule has 4 fully saturated rings. The molecular weight excluding hydrogens is 540 g/mol. The minimum absolute atomic E-state index is 0.0470. The molecule has 9 heteroatoms. The Bertz CT molecular complexity index is 971. The summed E-state index contributed by atoms with van der Waals surface area (Å²) in [5.74, 6) is 1.14. The van der Waals surface area contributed by atoms with Crippen LogP contribution in [0.2, 0.25) is 0 Å². The lowest BCUT2D eigenvalue weighted by molar-refractivity contribution is -0.316. The van der Waals surface area contributed by atoms with E-state index >= 15 is 0 Å². The maximum atomic E-state index is 11.4. The van der Waals surface area contributed by atoms with Gasteiger partial charge in [-0.3, -0.25) is 0 Å². The van der Waals surface area contributed by atoms with Crippen LogP contribution in [0.4, 0.5) is 0 Å². The Morgan fingerprint density at radius 2 is 1.69 bits per heavy atom. The highest BCUT2D eigenvalue weighted by molar-refractivity contribution is 5.28. The fraction of sp³-hybridized carbons (Fsp3) is 0.939. The molecule has 5 aliphatic rings. The highest BCUT2D eigenvalue weighted by Crippen LogP contribution is 2.68. The number of aliphatic hydroxyl groups excluding tert-OH is 7. The summed E-state index contributed by atoms with van der Waals surface area (Å²) in [4.78, 5) is 0. The van der Waals surface area contributed by atoms with Gasteiger partial charge >= 0.3 is 0 Å². The van der Waals surface area contributed by atoms with E-state index in [0.29, 0.717) is 37.5 Å². The van der Waals surface area contributed by atoms with Gasteiger partial charge in [0.15, 0.2) is 6.29 Å². The standard InChI is InChI=1S/C33H56O9/c1-16(2)6-9-23(36)17(3)27-24(41-31-30(40)29(39)28(38)25(15-34)42-31)14-22-20-8-7-18-12-19(35)13-26(37)33(18,5)21(20)10-11-32(22,27)4/h7,16-17,19-31,34-40H,6,8-15H2,1-5H3/t17-,19-,20-,21+,22+,23+,24+,25-,26-,27+,28-,29+,30-,31-,32+,33+/m1/s1. The Balaban J connectivity index is 1.46. The van der Waals surface area contributed by atoms with E-state index in [1.54, 1.807) is 0 Å². The lowest BCUT2D eigenvalue weighted by Gasteiger charge is -2.59. The summed E-state index contributed by atoms with van der Waals surface area (Å²) in [6.45, 7) is 10.4. The summed E-state index contributed by atoms with van der Waals surface area (Å²) in [6.07, 6.45) is -0.418. The van der Waals surface area contributed by atoms with Crippen LogP contribution in [0, 0.1) is 46.3 Å². The third-order valence-electron chi connectivity index (χ3n) is 12.6. The van der Waals surface area contributed by atoms with E-state index in [4.69, 9.17) is 9.47 Å². The highest BCUT2D eigenvalue weighted by atomic mass is 16.7. The molecule has 0 aromatic heterocycles. The van der Waals surface area contributed by atoms with Gasteiger partial charge in [-0.05, 0) is 85.9 Å². The smallest absolute Gasteiger partial charge is 0.186 e. The van der Waals surface area contributed by atoms with Gasteiger partial charge in [0.2, 0.25) is 0 Å². The molecule has 5 rings (SSSR count). The number of hydrogen-bond donors (Lipinski definition) is 7. The molecule has 0 radical (unpaired) electrons. The van der Waals surface area contributed by atoms with Crippen molar-refractivity contribution in [3.05, 3.63) is 11.6 Å². The second-order valence-corrected chi connectivity index (χ2v) is 15.3. The molecule has 0 aromatic rings. The summed E-state index contributed by atoms with van der Waals surface area (Å²) < 4.78 is 12.4. The number of fused-ring (bicyclic) bond motifs is 5. The van der Waals surface area contributed by atoms with E-state index in [9.17, 15) is 35.7 Å². The van der Waals surface area contributed by atoms with Crippen molar-refractivity contribution in [2.24, 2.45) is 46.3 Å². The summed E-state index contributed by atoms with van der Waals surface area (Å²) >= 11 is 0. The van der Waals surface area contributed by atoms with Crippen molar-refractivity contribution in [1.82, 2.24) is 0 Å². The second-order valence-electron chi connectivity index (χ2n) is 15.3. The van der Waals surface area contributed by atoms with Gasteiger partial charge in [0.1, 0.15) is 24.4 Å². The van der Waals surface area contributed by atoms with E-state index in [1.807, 2.05) is 0 Å². The second kappa shape index (κ2) is 12.3. The van der Waals surface area contributed by atoms with E-state index in [0.717, 1.165) is 25.7 Å². The maximum absolute atomic E-state index is 11.4. The molecule has 7 N–H and O–H groups in total. The third kappa shape index (κ3) is 5.43. The predicted octanol–water partition coefficient (Wildman–Crippen LogP) is 2.13. The quantitative estimate of drug-likeness (QED) is 0.208. The molecule has 3 saturated carbocycles. The minimum atomic E-state index is -1.51. The zero-order valence-corrected chi connectivity index (χ0v) is 26.0. The van der Waals surface area contributed by atoms with Crippen LogP contribution < -0.4 is 0 Å². The molecule has 16 atom stereocenters. The largest absolute Gasteiger partial charge is 0.394 e. The first-order valence-corrected chi connectivity index (χ1v) is 16.4. The Morgan fingerprint density at radius 1 is 0.976 bits per heavy atom. The number of ether oxygens (including phenoxy) is 2. The lowest BCUT2D eigenvalue weighted by atomic mass is 9.46. The minimum Gasteiger partial charge on any atom is -0.394 e. The molecule has 0 bridgehead atoms. The SMILES string of the molecule is CC(C)CC[C@H](O)[C@@H](C)[C@H]1[C@@H](O[C@@H]2O[C@H](CO)[C@@H](O)[C@H](O)[C@H]2O)C[C@H]2[C@@H]3CC=C4C[C@@H](O)C[C@@H](O)[C@]4(C)[C@H]3CC[C@]12C. The van der Waals surface area contributed by atoms with Crippen LogP contribution in [0.15, 0.2) is 11.6 Å². The summed E-state index contributed by atoms with van der Waals surface area (Å²) in [7, 11) is 0. The van der Waals surface area contributed by atoms with Crippen molar-refractivity contribution in [3.8, 4) is 0 Å². The van der Waals surface area contributed by atoms with Gasteiger partial charge in [-0.1, -0.05) is 46.3 Å². The van der Waals surface area contributed by atoms with Crippen molar-refractivity contribution in [1.29, 1.82) is 0 Å². The number of aliphatic hydroxyl groups is 7. The van der Waals surface area contributed by atoms with E-state index in [1.165, 1.54) is 5.57 Å². The van der Waals surface area contributed by atoms with Crippen LogP contribution >= 0.6 is 0 Å². The van der Waals surface area contributed by atoms with Gasteiger partial charge in [-0.2, -0.15) is 0 Å². The van der Waals surface area contributed by atoms with Crippen LogP contribution in [0.1, 0.15) is 86.0 Å². The van der Waals surface area contributed by atoms with E-state index < -0.39 is 55.6 Å². The monoisotopic (exact) mass is 596 g/mol. The Kier molecular flexibility index (Phi) is 9.59. The topological polar surface area (TPSA) is 160 Å².